The lowest BCUT2D eigenvalue weighted by atomic mass is 10.1. The van der Waals surface area contributed by atoms with Crippen molar-refractivity contribution in [1.82, 2.24) is 4.90 Å². The van der Waals surface area contributed by atoms with Crippen molar-refractivity contribution in [2.24, 2.45) is 0 Å². The predicted molar refractivity (Wildman–Crippen MR) is 62.4 cm³/mol. The molecule has 0 saturated heterocycles. The molecule has 2 rings (SSSR count). The highest BCUT2D eigenvalue weighted by atomic mass is 16.5. The van der Waals surface area contributed by atoms with Gasteiger partial charge in [-0.3, -0.25) is 0 Å². The summed E-state index contributed by atoms with van der Waals surface area (Å²) in [4.78, 5) is 2.46. The third kappa shape index (κ3) is 2.96. The Labute approximate surface area is 91.9 Å². The third-order valence-corrected chi connectivity index (χ3v) is 3.08. The quantitative estimate of drug-likeness (QED) is 0.731. The summed E-state index contributed by atoms with van der Waals surface area (Å²) in [5.74, 6) is 0.939. The predicted octanol–water partition coefficient (Wildman–Crippen LogP) is 2.33. The third-order valence-electron chi connectivity index (χ3n) is 3.08. The van der Waals surface area contributed by atoms with Crippen molar-refractivity contribution >= 4 is 0 Å². The maximum Gasteiger partial charge on any atom is 0.118 e. The van der Waals surface area contributed by atoms with Gasteiger partial charge in [0.1, 0.15) is 5.75 Å². The largest absolute Gasteiger partial charge is 0.497 e. The van der Waals surface area contributed by atoms with Crippen LogP contribution in [0, 0.1) is 0 Å². The summed E-state index contributed by atoms with van der Waals surface area (Å²) < 4.78 is 5.13. The first-order chi connectivity index (χ1) is 7.29. The van der Waals surface area contributed by atoms with Crippen molar-refractivity contribution < 1.29 is 4.74 Å². The molecule has 0 N–H and O–H groups in total. The minimum atomic E-state index is 0.864. The Bertz CT molecular complexity index is 303. The Kier molecular flexibility index (Phi) is 3.27. The van der Waals surface area contributed by atoms with Crippen LogP contribution in [-0.2, 0) is 6.42 Å². The maximum atomic E-state index is 5.13. The standard InChI is InChI=1S/C13H19NO/c1-14(12-5-6-12)10-9-11-3-7-13(15-2)8-4-11/h3-4,7-8,12H,5-6,9-10H2,1-2H3. The van der Waals surface area contributed by atoms with Crippen molar-refractivity contribution in [2.45, 2.75) is 25.3 Å². The normalized spacial score (nSPS) is 15.7. The summed E-state index contributed by atoms with van der Waals surface area (Å²) >= 11 is 0. The molecule has 82 valence electrons. The average Bonchev–Trinajstić information content (AvgIpc) is 3.10. The molecule has 2 nitrogen and oxygen atoms in total. The van der Waals surface area contributed by atoms with Crippen molar-refractivity contribution in [2.75, 3.05) is 20.7 Å². The Balaban J connectivity index is 1.81. The van der Waals surface area contributed by atoms with Gasteiger partial charge >= 0.3 is 0 Å². The number of rotatable bonds is 5. The molecule has 1 saturated carbocycles. The van der Waals surface area contributed by atoms with Gasteiger partial charge in [-0.25, -0.2) is 0 Å². The van der Waals surface area contributed by atoms with Crippen LogP contribution in [0.5, 0.6) is 5.75 Å². The van der Waals surface area contributed by atoms with E-state index in [0.29, 0.717) is 0 Å². The first-order valence-corrected chi connectivity index (χ1v) is 5.63. The Morgan fingerprint density at radius 2 is 1.93 bits per heavy atom. The van der Waals surface area contributed by atoms with Gasteiger partial charge in [-0.2, -0.15) is 0 Å². The van der Waals surface area contributed by atoms with Crippen LogP contribution in [-0.4, -0.2) is 31.6 Å². The van der Waals surface area contributed by atoms with Crippen molar-refractivity contribution in [3.8, 4) is 5.75 Å². The number of hydrogen-bond acceptors (Lipinski definition) is 2. The lowest BCUT2D eigenvalue weighted by molar-refractivity contribution is 0.328. The molecule has 0 unspecified atom stereocenters. The molecular formula is C13H19NO. The molecule has 0 atom stereocenters. The van der Waals surface area contributed by atoms with E-state index in [-0.39, 0.29) is 0 Å². The highest BCUT2D eigenvalue weighted by Gasteiger charge is 2.25. The van der Waals surface area contributed by atoms with Gasteiger partial charge in [0.05, 0.1) is 7.11 Å². The minimum absolute atomic E-state index is 0.864. The first-order valence-electron chi connectivity index (χ1n) is 5.63. The molecule has 0 amide bonds. The van der Waals surface area contributed by atoms with Gasteiger partial charge in [-0.15, -0.1) is 0 Å². The fourth-order valence-electron chi connectivity index (χ4n) is 1.80. The molecule has 1 aliphatic carbocycles. The van der Waals surface area contributed by atoms with Gasteiger partial charge in [0.25, 0.3) is 0 Å². The van der Waals surface area contributed by atoms with Gasteiger partial charge < -0.3 is 9.64 Å². The number of ether oxygens (including phenoxy) is 1. The smallest absolute Gasteiger partial charge is 0.118 e. The molecule has 0 spiro atoms. The number of nitrogens with zero attached hydrogens (tertiary/aromatic N) is 1. The molecule has 0 heterocycles. The summed E-state index contributed by atoms with van der Waals surface area (Å²) in [7, 11) is 3.93. The molecule has 1 aromatic carbocycles. The van der Waals surface area contributed by atoms with Gasteiger partial charge in [-0.05, 0) is 44.0 Å². The second kappa shape index (κ2) is 4.67. The zero-order valence-electron chi connectivity index (χ0n) is 9.57. The van der Waals surface area contributed by atoms with Gasteiger partial charge in [0.2, 0.25) is 0 Å². The van der Waals surface area contributed by atoms with Crippen LogP contribution in [0.1, 0.15) is 18.4 Å². The molecule has 0 bridgehead atoms. The molecule has 0 aromatic heterocycles. The second-order valence-electron chi connectivity index (χ2n) is 4.31. The molecule has 15 heavy (non-hydrogen) atoms. The molecule has 1 aromatic rings. The lowest BCUT2D eigenvalue weighted by Crippen LogP contribution is -2.23. The van der Waals surface area contributed by atoms with Gasteiger partial charge in [0, 0.05) is 12.6 Å². The number of likely N-dealkylation sites (N-methyl/N-ethyl adjacent to an activating group) is 1. The van der Waals surface area contributed by atoms with Crippen LogP contribution in [0.2, 0.25) is 0 Å². The van der Waals surface area contributed by atoms with Crippen molar-refractivity contribution in [3.63, 3.8) is 0 Å². The van der Waals surface area contributed by atoms with E-state index < -0.39 is 0 Å². The summed E-state index contributed by atoms with van der Waals surface area (Å²) in [5, 5.41) is 0. The molecule has 0 aliphatic heterocycles. The van der Waals surface area contributed by atoms with E-state index in [1.165, 1.54) is 18.4 Å². The van der Waals surface area contributed by atoms with E-state index in [1.54, 1.807) is 7.11 Å². The van der Waals surface area contributed by atoms with E-state index in [0.717, 1.165) is 24.8 Å². The SMILES string of the molecule is COc1ccc(CCN(C)C2CC2)cc1. The minimum Gasteiger partial charge on any atom is -0.497 e. The molecule has 2 heteroatoms. The summed E-state index contributed by atoms with van der Waals surface area (Å²) in [6.07, 6.45) is 3.91. The number of hydrogen-bond donors (Lipinski definition) is 0. The monoisotopic (exact) mass is 205 g/mol. The van der Waals surface area contributed by atoms with Crippen LogP contribution in [0.3, 0.4) is 0 Å². The van der Waals surface area contributed by atoms with Crippen molar-refractivity contribution in [3.05, 3.63) is 29.8 Å². The van der Waals surface area contributed by atoms with Crippen LogP contribution in [0.25, 0.3) is 0 Å². The number of benzene rings is 1. The van der Waals surface area contributed by atoms with Gasteiger partial charge in [-0.1, -0.05) is 12.1 Å². The Hall–Kier alpha value is -1.02. The molecule has 1 fully saturated rings. The molecule has 0 radical (unpaired) electrons. The van der Waals surface area contributed by atoms with E-state index in [9.17, 15) is 0 Å². The topological polar surface area (TPSA) is 12.5 Å². The fourth-order valence-corrected chi connectivity index (χ4v) is 1.80. The summed E-state index contributed by atoms with van der Waals surface area (Å²) in [6.45, 7) is 1.16. The van der Waals surface area contributed by atoms with Crippen molar-refractivity contribution in [1.29, 1.82) is 0 Å². The van der Waals surface area contributed by atoms with Crippen LogP contribution in [0.15, 0.2) is 24.3 Å². The molecule has 1 aliphatic rings. The van der Waals surface area contributed by atoms with E-state index in [1.807, 2.05) is 12.1 Å². The Morgan fingerprint density at radius 3 is 2.47 bits per heavy atom. The van der Waals surface area contributed by atoms with E-state index in [4.69, 9.17) is 4.74 Å². The highest BCUT2D eigenvalue weighted by Crippen LogP contribution is 2.25. The Morgan fingerprint density at radius 1 is 1.27 bits per heavy atom. The van der Waals surface area contributed by atoms with E-state index >= 15 is 0 Å². The van der Waals surface area contributed by atoms with Crippen LogP contribution < -0.4 is 4.74 Å². The average molecular weight is 205 g/mol. The zero-order valence-corrected chi connectivity index (χ0v) is 9.57. The van der Waals surface area contributed by atoms with E-state index in [2.05, 4.69) is 24.1 Å². The van der Waals surface area contributed by atoms with Crippen LogP contribution >= 0.6 is 0 Å². The van der Waals surface area contributed by atoms with Gasteiger partial charge in [0.15, 0.2) is 0 Å². The maximum absolute atomic E-state index is 5.13. The zero-order chi connectivity index (χ0) is 10.7. The lowest BCUT2D eigenvalue weighted by Gasteiger charge is -2.15. The van der Waals surface area contributed by atoms with Crippen LogP contribution in [0.4, 0.5) is 0 Å². The number of methoxy groups -OCH3 is 1. The first kappa shape index (κ1) is 10.5. The summed E-state index contributed by atoms with van der Waals surface area (Å²) in [6, 6.07) is 9.24. The summed E-state index contributed by atoms with van der Waals surface area (Å²) in [5.41, 5.74) is 1.39. The second-order valence-corrected chi connectivity index (χ2v) is 4.31. The fraction of sp³-hybridized carbons (Fsp3) is 0.538. The molecular weight excluding hydrogens is 186 g/mol. The highest BCUT2D eigenvalue weighted by molar-refractivity contribution is 5.27.